The van der Waals surface area contributed by atoms with E-state index in [1.165, 1.54) is 0 Å². The van der Waals surface area contributed by atoms with Gasteiger partial charge in [0.25, 0.3) is 5.91 Å². The molecule has 1 rings (SSSR count). The Morgan fingerprint density at radius 1 is 1.26 bits per heavy atom. The van der Waals surface area contributed by atoms with E-state index < -0.39 is 66.9 Å². The maximum atomic E-state index is 13.5. The number of nitrogens with zero attached hydrogens (tertiary/aromatic N) is 1. The molecule has 10 heteroatoms. The molecule has 8 nitrogen and oxygen atoms in total. The number of hydrogen-bond donors (Lipinski definition) is 1. The van der Waals surface area contributed by atoms with Crippen LogP contribution in [0.2, 0.25) is 0 Å². The molecule has 0 aromatic carbocycles. The highest BCUT2D eigenvalue weighted by Crippen LogP contribution is 2.29. The largest absolute Gasteiger partial charge is 0.461 e. The number of rotatable bonds is 6. The highest BCUT2D eigenvalue weighted by Gasteiger charge is 2.48. The lowest BCUT2D eigenvalue weighted by Gasteiger charge is -2.31. The molecule has 0 aliphatic carbocycles. The van der Waals surface area contributed by atoms with Crippen molar-refractivity contribution in [1.82, 2.24) is 10.2 Å². The zero-order valence-corrected chi connectivity index (χ0v) is 16.1. The van der Waals surface area contributed by atoms with Gasteiger partial charge in [-0.05, 0) is 41.0 Å². The Hall–Kier alpha value is -2.26. The van der Waals surface area contributed by atoms with Gasteiger partial charge >= 0.3 is 18.0 Å². The number of nitrogens with one attached hydrogen (secondary N) is 1. The summed E-state index contributed by atoms with van der Waals surface area (Å²) < 4.78 is 37.2. The fourth-order valence-electron chi connectivity index (χ4n) is 2.31. The Labute approximate surface area is 156 Å². The Morgan fingerprint density at radius 2 is 1.85 bits per heavy atom. The van der Waals surface area contributed by atoms with E-state index in [0.717, 1.165) is 0 Å². The lowest BCUT2D eigenvalue weighted by molar-refractivity contribution is -0.172. The topological polar surface area (TPSA) is 102 Å². The van der Waals surface area contributed by atoms with Gasteiger partial charge in [-0.2, -0.15) is 8.78 Å². The summed E-state index contributed by atoms with van der Waals surface area (Å²) in [6.45, 7) is 7.62. The average molecular weight is 392 g/mol. The first-order valence-corrected chi connectivity index (χ1v) is 8.65. The van der Waals surface area contributed by atoms with Crippen LogP contribution in [0.5, 0.6) is 0 Å². The first kappa shape index (κ1) is 22.8. The van der Waals surface area contributed by atoms with E-state index in [4.69, 9.17) is 9.47 Å². The number of imide groups is 1. The number of amides is 3. The van der Waals surface area contributed by atoms with Crippen molar-refractivity contribution in [2.24, 2.45) is 0 Å². The second kappa shape index (κ2) is 8.62. The van der Waals surface area contributed by atoms with E-state index in [0.29, 0.717) is 4.90 Å². The van der Waals surface area contributed by atoms with Crippen molar-refractivity contribution in [2.75, 3.05) is 6.54 Å². The van der Waals surface area contributed by atoms with Crippen LogP contribution in [0.1, 0.15) is 53.9 Å². The number of piperidine rings is 1. The van der Waals surface area contributed by atoms with Gasteiger partial charge in [-0.25, -0.2) is 9.59 Å². The molecule has 0 unspecified atom stereocenters. The van der Waals surface area contributed by atoms with Gasteiger partial charge in [-0.3, -0.25) is 14.5 Å². The van der Waals surface area contributed by atoms with E-state index in [1.54, 1.807) is 34.6 Å². The van der Waals surface area contributed by atoms with Crippen LogP contribution in [0.25, 0.3) is 0 Å². The number of alkyl carbamates (subject to hydrolysis) is 1. The molecule has 1 fully saturated rings. The summed E-state index contributed by atoms with van der Waals surface area (Å²) in [5, 5.41) is 2.30. The lowest BCUT2D eigenvalue weighted by atomic mass is 10.0. The standard InChI is InChI=1S/C17H26F2N2O6/c1-10(2)26-13(23)11(20-15(25)27-16(3,4)5)7-9-21-12(22)6-8-17(18,19)14(21)24/h10-11H,6-9H2,1-5H3,(H,20,25)/t11-/m0/s1. The van der Waals surface area contributed by atoms with E-state index in [9.17, 15) is 28.0 Å². The average Bonchev–Trinajstić information content (AvgIpc) is 2.48. The molecule has 1 aliphatic rings. The maximum absolute atomic E-state index is 13.5. The third-order valence-corrected chi connectivity index (χ3v) is 3.48. The second-order valence-electron chi connectivity index (χ2n) is 7.53. The zero-order chi connectivity index (χ0) is 21.0. The van der Waals surface area contributed by atoms with Gasteiger partial charge in [0.05, 0.1) is 6.10 Å². The molecule has 1 heterocycles. The molecule has 0 bridgehead atoms. The Morgan fingerprint density at radius 3 is 2.37 bits per heavy atom. The highest BCUT2D eigenvalue weighted by atomic mass is 19.3. The number of esters is 1. The first-order valence-electron chi connectivity index (χ1n) is 8.65. The summed E-state index contributed by atoms with van der Waals surface area (Å²) in [4.78, 5) is 48.1. The van der Waals surface area contributed by atoms with E-state index >= 15 is 0 Å². The molecule has 27 heavy (non-hydrogen) atoms. The van der Waals surface area contributed by atoms with Crippen molar-refractivity contribution >= 4 is 23.9 Å². The Bertz CT molecular complexity index is 601. The minimum absolute atomic E-state index is 0.279. The van der Waals surface area contributed by atoms with Crippen LogP contribution in [0.4, 0.5) is 13.6 Å². The lowest BCUT2D eigenvalue weighted by Crippen LogP contribution is -2.53. The minimum atomic E-state index is -3.62. The maximum Gasteiger partial charge on any atom is 0.408 e. The number of hydrogen-bond acceptors (Lipinski definition) is 6. The molecular weight excluding hydrogens is 366 g/mol. The predicted molar refractivity (Wildman–Crippen MR) is 89.9 cm³/mol. The fraction of sp³-hybridized carbons (Fsp3) is 0.765. The van der Waals surface area contributed by atoms with Crippen LogP contribution in [0.3, 0.4) is 0 Å². The summed E-state index contributed by atoms with van der Waals surface area (Å²) in [5.41, 5.74) is -0.822. The Balaban J connectivity index is 2.84. The SMILES string of the molecule is CC(C)OC(=O)[C@H](CCN1C(=O)CCC(F)(F)C1=O)NC(=O)OC(C)(C)C. The number of likely N-dealkylation sites (tertiary alicyclic amines) is 1. The summed E-state index contributed by atoms with van der Waals surface area (Å²) in [6.07, 6.45) is -2.98. The van der Waals surface area contributed by atoms with Crippen LogP contribution in [-0.2, 0) is 23.9 Å². The summed E-state index contributed by atoms with van der Waals surface area (Å²) in [6, 6.07) is -1.27. The van der Waals surface area contributed by atoms with Crippen LogP contribution in [-0.4, -0.2) is 59.0 Å². The van der Waals surface area contributed by atoms with E-state index in [2.05, 4.69) is 5.32 Å². The highest BCUT2D eigenvalue weighted by molar-refractivity contribution is 6.01. The van der Waals surface area contributed by atoms with Gasteiger partial charge in [0.2, 0.25) is 5.91 Å². The van der Waals surface area contributed by atoms with E-state index in [1.807, 2.05) is 0 Å². The van der Waals surface area contributed by atoms with Crippen LogP contribution in [0, 0.1) is 0 Å². The van der Waals surface area contributed by atoms with Gasteiger partial charge in [0.15, 0.2) is 0 Å². The van der Waals surface area contributed by atoms with Crippen LogP contribution < -0.4 is 5.32 Å². The van der Waals surface area contributed by atoms with Crippen molar-refractivity contribution in [3.05, 3.63) is 0 Å². The normalized spacial score (nSPS) is 18.3. The van der Waals surface area contributed by atoms with Crippen molar-refractivity contribution in [2.45, 2.75) is 77.6 Å². The molecule has 1 saturated heterocycles. The predicted octanol–water partition coefficient (Wildman–Crippen LogP) is 2.01. The van der Waals surface area contributed by atoms with Gasteiger partial charge in [0.1, 0.15) is 11.6 Å². The molecule has 0 spiro atoms. The minimum Gasteiger partial charge on any atom is -0.461 e. The summed E-state index contributed by atoms with van der Waals surface area (Å²) >= 11 is 0. The van der Waals surface area contributed by atoms with Crippen molar-refractivity contribution < 1.29 is 37.4 Å². The third-order valence-electron chi connectivity index (χ3n) is 3.48. The molecule has 0 saturated carbocycles. The number of ether oxygens (including phenoxy) is 2. The second-order valence-corrected chi connectivity index (χ2v) is 7.53. The fourth-order valence-corrected chi connectivity index (χ4v) is 2.31. The molecular formula is C17H26F2N2O6. The van der Waals surface area contributed by atoms with Crippen molar-refractivity contribution in [3.63, 3.8) is 0 Å². The number of carbonyl (C=O) groups excluding carboxylic acids is 4. The van der Waals surface area contributed by atoms with Gasteiger partial charge in [0, 0.05) is 19.4 Å². The van der Waals surface area contributed by atoms with E-state index in [-0.39, 0.29) is 6.42 Å². The summed E-state index contributed by atoms with van der Waals surface area (Å²) in [5.74, 6) is -6.80. The molecule has 0 radical (unpaired) electrons. The molecule has 0 aromatic heterocycles. The number of alkyl halides is 2. The monoisotopic (exact) mass is 392 g/mol. The van der Waals surface area contributed by atoms with Gasteiger partial charge in [-0.1, -0.05) is 0 Å². The molecule has 154 valence electrons. The van der Waals surface area contributed by atoms with Crippen LogP contribution in [0.15, 0.2) is 0 Å². The first-order chi connectivity index (χ1) is 12.2. The number of carbonyl (C=O) groups is 4. The van der Waals surface area contributed by atoms with Crippen LogP contribution >= 0.6 is 0 Å². The van der Waals surface area contributed by atoms with Crippen molar-refractivity contribution in [1.29, 1.82) is 0 Å². The van der Waals surface area contributed by atoms with Gasteiger partial charge < -0.3 is 14.8 Å². The quantitative estimate of drug-likeness (QED) is 0.548. The van der Waals surface area contributed by atoms with Gasteiger partial charge in [-0.15, -0.1) is 0 Å². The number of halogens is 2. The summed E-state index contributed by atoms with van der Waals surface area (Å²) in [7, 11) is 0. The Kier molecular flexibility index (Phi) is 7.27. The molecule has 1 atom stereocenters. The molecule has 1 aliphatic heterocycles. The smallest absolute Gasteiger partial charge is 0.408 e. The zero-order valence-electron chi connectivity index (χ0n) is 16.1. The molecule has 0 aromatic rings. The third kappa shape index (κ3) is 7.10. The van der Waals surface area contributed by atoms with Crippen molar-refractivity contribution in [3.8, 4) is 0 Å². The molecule has 1 N–H and O–H groups in total. The molecule has 3 amide bonds.